The van der Waals surface area contributed by atoms with Crippen LogP contribution in [0, 0.1) is 5.82 Å². The molecule has 2 aromatic carbocycles. The summed E-state index contributed by atoms with van der Waals surface area (Å²) >= 11 is 0. The van der Waals surface area contributed by atoms with E-state index in [0.29, 0.717) is 6.04 Å². The lowest BCUT2D eigenvalue weighted by Crippen LogP contribution is -2.53. The molecule has 0 saturated carbocycles. The molecule has 0 radical (unpaired) electrons. The number of hydrogen-bond donors (Lipinski definition) is 1. The van der Waals surface area contributed by atoms with E-state index in [1.807, 2.05) is 12.1 Å². The van der Waals surface area contributed by atoms with Crippen LogP contribution < -0.4 is 4.90 Å². The zero-order valence-corrected chi connectivity index (χ0v) is 16.4. The predicted octanol–water partition coefficient (Wildman–Crippen LogP) is 3.07. The molecule has 2 aliphatic rings. The number of rotatable bonds is 5. The van der Waals surface area contributed by atoms with Gasteiger partial charge in [-0.2, -0.15) is 0 Å². The topological polar surface area (TPSA) is 30.0 Å². The number of benzene rings is 2. The average Bonchev–Trinajstić information content (AvgIpc) is 2.75. The molecule has 0 aliphatic carbocycles. The SMILES string of the molecule is OCCN1CCN(C2CCN(c3cccc(-c4ccc(F)cc4)c3)CC2)CC1. The number of hydrogen-bond acceptors (Lipinski definition) is 4. The summed E-state index contributed by atoms with van der Waals surface area (Å²) in [6.45, 7) is 7.59. The number of halogens is 1. The minimum atomic E-state index is -0.195. The second kappa shape index (κ2) is 9.03. The molecule has 0 amide bonds. The Kier molecular flexibility index (Phi) is 6.25. The van der Waals surface area contributed by atoms with E-state index in [1.165, 1.54) is 30.7 Å². The third-order valence-electron chi connectivity index (χ3n) is 6.19. The van der Waals surface area contributed by atoms with E-state index >= 15 is 0 Å². The molecule has 2 fully saturated rings. The lowest BCUT2D eigenvalue weighted by atomic mass is 10.00. The van der Waals surface area contributed by atoms with Crippen LogP contribution in [0.1, 0.15) is 12.8 Å². The Morgan fingerprint density at radius 1 is 0.857 bits per heavy atom. The van der Waals surface area contributed by atoms with Gasteiger partial charge in [-0.3, -0.25) is 9.80 Å². The Labute approximate surface area is 167 Å². The predicted molar refractivity (Wildman–Crippen MR) is 112 cm³/mol. The second-order valence-electron chi connectivity index (χ2n) is 7.88. The Balaban J connectivity index is 1.34. The number of aliphatic hydroxyl groups is 1. The molecular weight excluding hydrogens is 353 g/mol. The Hall–Kier alpha value is -1.95. The lowest BCUT2D eigenvalue weighted by Gasteiger charge is -2.43. The van der Waals surface area contributed by atoms with Crippen molar-refractivity contribution in [2.75, 3.05) is 57.3 Å². The molecule has 28 heavy (non-hydrogen) atoms. The molecule has 2 saturated heterocycles. The number of piperidine rings is 1. The quantitative estimate of drug-likeness (QED) is 0.860. The highest BCUT2D eigenvalue weighted by atomic mass is 19.1. The van der Waals surface area contributed by atoms with Gasteiger partial charge >= 0.3 is 0 Å². The van der Waals surface area contributed by atoms with Crippen LogP contribution in [0.25, 0.3) is 11.1 Å². The molecular formula is C23H30FN3O. The summed E-state index contributed by atoms with van der Waals surface area (Å²) in [6, 6.07) is 16.0. The molecule has 0 aromatic heterocycles. The average molecular weight is 384 g/mol. The fourth-order valence-electron chi connectivity index (χ4n) is 4.51. The Morgan fingerprint density at radius 3 is 2.25 bits per heavy atom. The zero-order valence-electron chi connectivity index (χ0n) is 16.4. The monoisotopic (exact) mass is 383 g/mol. The van der Waals surface area contributed by atoms with E-state index in [0.717, 1.165) is 56.9 Å². The summed E-state index contributed by atoms with van der Waals surface area (Å²) < 4.78 is 13.2. The first kappa shape index (κ1) is 19.4. The van der Waals surface area contributed by atoms with Crippen molar-refractivity contribution in [1.29, 1.82) is 0 Å². The van der Waals surface area contributed by atoms with Crippen molar-refractivity contribution < 1.29 is 9.50 Å². The summed E-state index contributed by atoms with van der Waals surface area (Å²) in [5, 5.41) is 9.10. The van der Waals surface area contributed by atoms with Crippen LogP contribution in [0.3, 0.4) is 0 Å². The number of piperazine rings is 1. The van der Waals surface area contributed by atoms with Crippen molar-refractivity contribution in [3.8, 4) is 11.1 Å². The van der Waals surface area contributed by atoms with Gasteiger partial charge in [-0.15, -0.1) is 0 Å². The van der Waals surface area contributed by atoms with E-state index < -0.39 is 0 Å². The minimum absolute atomic E-state index is 0.195. The Bertz CT molecular complexity index is 751. The third kappa shape index (κ3) is 4.54. The standard InChI is InChI=1S/C23H30FN3O/c24-21-6-4-19(5-7-21)20-2-1-3-23(18-20)26-10-8-22(9-11-26)27-14-12-25(13-15-27)16-17-28/h1-7,18,22,28H,8-17H2. The summed E-state index contributed by atoms with van der Waals surface area (Å²) in [6.07, 6.45) is 2.39. The molecule has 2 heterocycles. The number of β-amino-alcohol motifs (C(OH)–C–C–N with tert-alkyl or cyclic N) is 1. The summed E-state index contributed by atoms with van der Waals surface area (Å²) in [4.78, 5) is 7.47. The molecule has 2 aliphatic heterocycles. The van der Waals surface area contributed by atoms with Gasteiger partial charge in [0.25, 0.3) is 0 Å². The van der Waals surface area contributed by atoms with Gasteiger partial charge < -0.3 is 10.0 Å². The van der Waals surface area contributed by atoms with Gasteiger partial charge in [0.1, 0.15) is 5.82 Å². The van der Waals surface area contributed by atoms with Crippen molar-refractivity contribution in [2.45, 2.75) is 18.9 Å². The van der Waals surface area contributed by atoms with Crippen LogP contribution in [0.2, 0.25) is 0 Å². The first-order valence-corrected chi connectivity index (χ1v) is 10.4. The normalized spacial score (nSPS) is 19.9. The fraction of sp³-hybridized carbons (Fsp3) is 0.478. The largest absolute Gasteiger partial charge is 0.395 e. The first-order chi connectivity index (χ1) is 13.7. The highest BCUT2D eigenvalue weighted by Gasteiger charge is 2.27. The summed E-state index contributed by atoms with van der Waals surface area (Å²) in [5.74, 6) is -0.195. The van der Waals surface area contributed by atoms with Gasteiger partial charge in [-0.1, -0.05) is 24.3 Å². The summed E-state index contributed by atoms with van der Waals surface area (Å²) in [7, 11) is 0. The maximum Gasteiger partial charge on any atom is 0.123 e. The molecule has 4 nitrogen and oxygen atoms in total. The molecule has 5 heteroatoms. The summed E-state index contributed by atoms with van der Waals surface area (Å²) in [5.41, 5.74) is 3.45. The van der Waals surface area contributed by atoms with Gasteiger partial charge in [-0.25, -0.2) is 4.39 Å². The number of nitrogens with zero attached hydrogens (tertiary/aromatic N) is 3. The molecule has 4 rings (SSSR count). The van der Waals surface area contributed by atoms with Gasteiger partial charge in [-0.05, 0) is 48.2 Å². The van der Waals surface area contributed by atoms with Crippen LogP contribution in [0.15, 0.2) is 48.5 Å². The van der Waals surface area contributed by atoms with Gasteiger partial charge in [0, 0.05) is 57.5 Å². The van der Waals surface area contributed by atoms with Crippen LogP contribution in [-0.2, 0) is 0 Å². The first-order valence-electron chi connectivity index (χ1n) is 10.4. The maximum atomic E-state index is 13.2. The molecule has 1 N–H and O–H groups in total. The molecule has 2 aromatic rings. The van der Waals surface area contributed by atoms with Crippen molar-refractivity contribution in [3.05, 3.63) is 54.3 Å². The van der Waals surface area contributed by atoms with E-state index in [9.17, 15) is 4.39 Å². The lowest BCUT2D eigenvalue weighted by molar-refractivity contribution is 0.0747. The van der Waals surface area contributed by atoms with Crippen molar-refractivity contribution in [3.63, 3.8) is 0 Å². The van der Waals surface area contributed by atoms with Crippen molar-refractivity contribution in [2.24, 2.45) is 0 Å². The highest BCUT2D eigenvalue weighted by Crippen LogP contribution is 2.28. The van der Waals surface area contributed by atoms with Gasteiger partial charge in [0.05, 0.1) is 6.61 Å². The molecule has 0 spiro atoms. The van der Waals surface area contributed by atoms with Crippen LogP contribution in [0.4, 0.5) is 10.1 Å². The van der Waals surface area contributed by atoms with Crippen LogP contribution in [-0.4, -0.2) is 73.4 Å². The molecule has 0 atom stereocenters. The molecule has 150 valence electrons. The number of aliphatic hydroxyl groups excluding tert-OH is 1. The minimum Gasteiger partial charge on any atom is -0.395 e. The van der Waals surface area contributed by atoms with E-state index in [-0.39, 0.29) is 12.4 Å². The third-order valence-corrected chi connectivity index (χ3v) is 6.19. The maximum absolute atomic E-state index is 13.2. The van der Waals surface area contributed by atoms with E-state index in [1.54, 1.807) is 0 Å². The van der Waals surface area contributed by atoms with Crippen molar-refractivity contribution >= 4 is 5.69 Å². The van der Waals surface area contributed by atoms with Crippen molar-refractivity contribution in [1.82, 2.24) is 9.80 Å². The van der Waals surface area contributed by atoms with E-state index in [4.69, 9.17) is 5.11 Å². The van der Waals surface area contributed by atoms with Crippen LogP contribution in [0.5, 0.6) is 0 Å². The second-order valence-corrected chi connectivity index (χ2v) is 7.88. The molecule has 0 unspecified atom stereocenters. The van der Waals surface area contributed by atoms with Gasteiger partial charge in [0.15, 0.2) is 0 Å². The Morgan fingerprint density at radius 2 is 1.57 bits per heavy atom. The molecule has 0 bridgehead atoms. The van der Waals surface area contributed by atoms with E-state index in [2.05, 4.69) is 39.0 Å². The zero-order chi connectivity index (χ0) is 19.3. The van der Waals surface area contributed by atoms with Crippen LogP contribution >= 0.6 is 0 Å². The number of anilines is 1. The highest BCUT2D eigenvalue weighted by molar-refractivity contribution is 5.68. The smallest absolute Gasteiger partial charge is 0.123 e. The van der Waals surface area contributed by atoms with Gasteiger partial charge in [0.2, 0.25) is 0 Å². The fourth-order valence-corrected chi connectivity index (χ4v) is 4.51.